The lowest BCUT2D eigenvalue weighted by molar-refractivity contribution is -0.387. The van der Waals surface area contributed by atoms with Crippen molar-refractivity contribution >= 4 is 29.6 Å². The molecule has 150 valence electrons. The van der Waals surface area contributed by atoms with Gasteiger partial charge in [0.05, 0.1) is 11.5 Å². The van der Waals surface area contributed by atoms with Crippen molar-refractivity contribution in [2.75, 3.05) is 6.61 Å². The molecule has 1 rings (SSSR count). The third-order valence-corrected chi connectivity index (χ3v) is 4.61. The summed E-state index contributed by atoms with van der Waals surface area (Å²) in [5.74, 6) is -1.35. The molecule has 2 N–H and O–H groups in total. The molecule has 1 aromatic rings. The zero-order valence-electron chi connectivity index (χ0n) is 15.6. The maximum absolute atomic E-state index is 11.8. The normalized spacial score (nSPS) is 11.8. The number of nitro groups is 1. The number of carbonyl (C=O) groups is 2. The van der Waals surface area contributed by atoms with Crippen molar-refractivity contribution in [3.63, 3.8) is 0 Å². The summed E-state index contributed by atoms with van der Waals surface area (Å²) in [7, 11) is 0. The molecule has 8 nitrogen and oxygen atoms in total. The third kappa shape index (κ3) is 8.87. The van der Waals surface area contributed by atoms with Crippen LogP contribution in [-0.4, -0.2) is 34.6 Å². The Bertz CT molecular complexity index is 653. The Balaban J connectivity index is 2.40. The van der Waals surface area contributed by atoms with Crippen LogP contribution in [0.15, 0.2) is 23.1 Å². The summed E-state index contributed by atoms with van der Waals surface area (Å²) in [5.41, 5.74) is 0.844. The number of aryl methyl sites for hydroxylation is 1. The van der Waals surface area contributed by atoms with Crippen LogP contribution in [0, 0.1) is 17.0 Å². The number of rotatable bonds is 13. The fourth-order valence-corrected chi connectivity index (χ4v) is 3.14. The van der Waals surface area contributed by atoms with E-state index < -0.39 is 16.9 Å². The van der Waals surface area contributed by atoms with E-state index in [0.29, 0.717) is 17.7 Å². The smallest absolute Gasteiger partial charge is 0.326 e. The Morgan fingerprint density at radius 1 is 1.33 bits per heavy atom. The first-order chi connectivity index (χ1) is 12.8. The molecule has 1 aromatic carbocycles. The minimum absolute atomic E-state index is 0.0339. The van der Waals surface area contributed by atoms with Crippen molar-refractivity contribution in [3.8, 4) is 0 Å². The van der Waals surface area contributed by atoms with E-state index >= 15 is 0 Å². The van der Waals surface area contributed by atoms with Gasteiger partial charge in [0.15, 0.2) is 0 Å². The molecule has 0 bridgehead atoms. The molecular weight excluding hydrogens is 372 g/mol. The molecule has 0 radical (unpaired) electrons. The number of nitrogens with one attached hydrogen (secondary N) is 1. The average molecular weight is 398 g/mol. The molecule has 0 aliphatic heterocycles. The molecule has 0 heterocycles. The Morgan fingerprint density at radius 3 is 2.70 bits per heavy atom. The van der Waals surface area contributed by atoms with Gasteiger partial charge in [0.2, 0.25) is 5.91 Å². The Labute approximate surface area is 163 Å². The van der Waals surface area contributed by atoms with E-state index in [1.807, 2.05) is 13.8 Å². The third-order valence-electron chi connectivity index (χ3n) is 3.82. The van der Waals surface area contributed by atoms with Gasteiger partial charge in [0, 0.05) is 24.5 Å². The van der Waals surface area contributed by atoms with E-state index in [9.17, 15) is 24.8 Å². The van der Waals surface area contributed by atoms with Crippen LogP contribution in [-0.2, 0) is 13.8 Å². The van der Waals surface area contributed by atoms with Gasteiger partial charge < -0.3 is 14.6 Å². The van der Waals surface area contributed by atoms with Crippen molar-refractivity contribution in [2.24, 2.45) is 0 Å². The maximum atomic E-state index is 11.8. The standard InChI is InChI=1S/C18H26N2O6S/c1-3-4-5-8-17(21)19-14(18(22)23)7-6-11-26-27-16-12-13(2)9-10-15(16)20(24)25/h9-10,12,14H,3-8,11H2,1-2H3,(H,19,21)(H,22,23)/t14-/m0/s1. The number of nitrogens with zero attached hydrogens (tertiary/aromatic N) is 1. The molecule has 1 amide bonds. The summed E-state index contributed by atoms with van der Waals surface area (Å²) in [6.45, 7) is 4.07. The summed E-state index contributed by atoms with van der Waals surface area (Å²) < 4.78 is 5.39. The second-order valence-corrected chi connectivity index (χ2v) is 7.03. The van der Waals surface area contributed by atoms with Gasteiger partial charge in [-0.3, -0.25) is 14.9 Å². The fourth-order valence-electron chi connectivity index (χ4n) is 2.35. The zero-order chi connectivity index (χ0) is 20.2. The van der Waals surface area contributed by atoms with Crippen LogP contribution in [0.5, 0.6) is 0 Å². The minimum Gasteiger partial charge on any atom is -0.480 e. The quantitative estimate of drug-likeness (QED) is 0.224. The topological polar surface area (TPSA) is 119 Å². The Morgan fingerprint density at radius 2 is 2.07 bits per heavy atom. The number of carboxylic acid groups (broad SMARTS) is 1. The summed E-state index contributed by atoms with van der Waals surface area (Å²) in [4.78, 5) is 34.0. The highest BCUT2D eigenvalue weighted by Crippen LogP contribution is 2.30. The number of carbonyl (C=O) groups excluding carboxylic acids is 1. The van der Waals surface area contributed by atoms with E-state index in [0.717, 1.165) is 36.9 Å². The van der Waals surface area contributed by atoms with Crippen LogP contribution in [0.3, 0.4) is 0 Å². The molecule has 1 atom stereocenters. The summed E-state index contributed by atoms with van der Waals surface area (Å²) in [6.07, 6.45) is 3.61. The van der Waals surface area contributed by atoms with Crippen molar-refractivity contribution in [1.29, 1.82) is 0 Å². The van der Waals surface area contributed by atoms with E-state index in [1.54, 1.807) is 12.1 Å². The average Bonchev–Trinajstić information content (AvgIpc) is 2.60. The predicted octanol–water partition coefficient (Wildman–Crippen LogP) is 3.86. The number of amides is 1. The first-order valence-electron chi connectivity index (χ1n) is 8.91. The van der Waals surface area contributed by atoms with Gasteiger partial charge in [-0.2, -0.15) is 0 Å². The molecule has 9 heteroatoms. The first kappa shape index (κ1) is 22.9. The van der Waals surface area contributed by atoms with Crippen molar-refractivity contribution in [3.05, 3.63) is 33.9 Å². The zero-order valence-corrected chi connectivity index (χ0v) is 16.4. The van der Waals surface area contributed by atoms with Crippen LogP contribution in [0.2, 0.25) is 0 Å². The highest BCUT2D eigenvalue weighted by atomic mass is 32.2. The SMILES string of the molecule is CCCCCC(=O)N[C@@H](CCCOSc1cc(C)ccc1[N+](=O)[O-])C(=O)O. The predicted molar refractivity (Wildman–Crippen MR) is 103 cm³/mol. The van der Waals surface area contributed by atoms with Gasteiger partial charge in [0.25, 0.3) is 5.69 Å². The summed E-state index contributed by atoms with van der Waals surface area (Å²) >= 11 is 0.901. The van der Waals surface area contributed by atoms with Crippen molar-refractivity contribution in [1.82, 2.24) is 5.32 Å². The van der Waals surface area contributed by atoms with Crippen molar-refractivity contribution < 1.29 is 23.8 Å². The van der Waals surface area contributed by atoms with Crippen molar-refractivity contribution in [2.45, 2.75) is 63.3 Å². The van der Waals surface area contributed by atoms with E-state index in [4.69, 9.17) is 4.18 Å². The van der Waals surface area contributed by atoms with Gasteiger partial charge in [-0.15, -0.1) is 0 Å². The van der Waals surface area contributed by atoms with Gasteiger partial charge in [-0.25, -0.2) is 4.79 Å². The Kier molecular flexibility index (Phi) is 10.4. The second-order valence-electron chi connectivity index (χ2n) is 6.19. The van der Waals surface area contributed by atoms with E-state index in [-0.39, 0.29) is 24.6 Å². The van der Waals surface area contributed by atoms with Crippen LogP contribution >= 0.6 is 12.0 Å². The number of hydrogen-bond acceptors (Lipinski definition) is 6. The van der Waals surface area contributed by atoms with E-state index in [2.05, 4.69) is 5.32 Å². The number of unbranched alkanes of at least 4 members (excludes halogenated alkanes) is 2. The van der Waals surface area contributed by atoms with Crippen LogP contribution in [0.25, 0.3) is 0 Å². The number of aliphatic carboxylic acids is 1. The minimum atomic E-state index is -1.08. The lowest BCUT2D eigenvalue weighted by Crippen LogP contribution is -2.40. The summed E-state index contributed by atoms with van der Waals surface area (Å²) in [5, 5.41) is 22.8. The maximum Gasteiger partial charge on any atom is 0.326 e. The molecule has 0 aliphatic rings. The largest absolute Gasteiger partial charge is 0.480 e. The lowest BCUT2D eigenvalue weighted by Gasteiger charge is -2.14. The monoisotopic (exact) mass is 398 g/mol. The van der Waals surface area contributed by atoms with E-state index in [1.165, 1.54) is 6.07 Å². The number of benzene rings is 1. The fraction of sp³-hybridized carbons (Fsp3) is 0.556. The lowest BCUT2D eigenvalue weighted by atomic mass is 10.1. The van der Waals surface area contributed by atoms with Gasteiger partial charge in [-0.05, 0) is 37.8 Å². The number of nitro benzene ring substituents is 1. The molecular formula is C18H26N2O6S. The number of hydrogen-bond donors (Lipinski definition) is 2. The highest BCUT2D eigenvalue weighted by molar-refractivity contribution is 7.94. The molecule has 0 aliphatic carbocycles. The van der Waals surface area contributed by atoms with Crippen LogP contribution < -0.4 is 5.32 Å². The van der Waals surface area contributed by atoms with Gasteiger partial charge in [0.1, 0.15) is 10.9 Å². The summed E-state index contributed by atoms with van der Waals surface area (Å²) in [6, 6.07) is 3.79. The molecule has 27 heavy (non-hydrogen) atoms. The first-order valence-corrected chi connectivity index (χ1v) is 9.66. The van der Waals surface area contributed by atoms with Gasteiger partial charge in [-0.1, -0.05) is 25.8 Å². The molecule has 0 saturated heterocycles. The number of carboxylic acids is 1. The molecule has 0 saturated carbocycles. The highest BCUT2D eigenvalue weighted by Gasteiger charge is 2.19. The van der Waals surface area contributed by atoms with Crippen LogP contribution in [0.1, 0.15) is 51.0 Å². The Hall–Kier alpha value is -2.13. The second kappa shape index (κ2) is 12.3. The van der Waals surface area contributed by atoms with Gasteiger partial charge >= 0.3 is 5.97 Å². The molecule has 0 spiro atoms. The molecule has 0 unspecified atom stereocenters. The molecule has 0 aromatic heterocycles. The van der Waals surface area contributed by atoms with Crippen LogP contribution in [0.4, 0.5) is 5.69 Å². The molecule has 0 fully saturated rings.